The average molecular weight is 391 g/mol. The van der Waals surface area contributed by atoms with Crippen molar-refractivity contribution in [2.75, 3.05) is 19.0 Å². The molecule has 0 radical (unpaired) electrons. The number of benzene rings is 2. The molecule has 2 rings (SSSR count). The number of para-hydroxylation sites is 1. The molecule has 0 atom stereocenters. The monoisotopic (exact) mass is 391 g/mol. The predicted octanol–water partition coefficient (Wildman–Crippen LogP) is 3.64. The molecule has 27 heavy (non-hydrogen) atoms. The molecule has 1 amide bonds. The molecule has 0 heterocycles. The zero-order valence-electron chi connectivity index (χ0n) is 15.2. The largest absolute Gasteiger partial charge is 0.493 e. The van der Waals surface area contributed by atoms with Crippen molar-refractivity contribution in [3.05, 3.63) is 53.8 Å². The summed E-state index contributed by atoms with van der Waals surface area (Å²) in [6.45, 7) is 2.66. The SMILES string of the molecule is CCCCOc1ccc(C(=O)NNC(=S)Nc2ccccc2F)cc1OC. The van der Waals surface area contributed by atoms with Crippen molar-refractivity contribution in [1.29, 1.82) is 0 Å². The number of carbonyl (C=O) groups is 1. The van der Waals surface area contributed by atoms with Gasteiger partial charge in [-0.1, -0.05) is 25.5 Å². The van der Waals surface area contributed by atoms with Gasteiger partial charge in [0, 0.05) is 5.56 Å². The fourth-order valence-electron chi connectivity index (χ4n) is 2.16. The highest BCUT2D eigenvalue weighted by atomic mass is 32.1. The van der Waals surface area contributed by atoms with Crippen LogP contribution in [0.1, 0.15) is 30.1 Å². The molecule has 0 fully saturated rings. The van der Waals surface area contributed by atoms with Gasteiger partial charge in [0.1, 0.15) is 5.82 Å². The van der Waals surface area contributed by atoms with E-state index in [4.69, 9.17) is 21.7 Å². The Morgan fingerprint density at radius 2 is 1.93 bits per heavy atom. The molecule has 2 aromatic rings. The number of halogens is 1. The van der Waals surface area contributed by atoms with E-state index < -0.39 is 11.7 Å². The van der Waals surface area contributed by atoms with E-state index in [0.29, 0.717) is 23.7 Å². The first kappa shape index (κ1) is 20.4. The summed E-state index contributed by atoms with van der Waals surface area (Å²) in [6.07, 6.45) is 1.96. The first-order valence-electron chi connectivity index (χ1n) is 8.47. The van der Waals surface area contributed by atoms with Gasteiger partial charge in [-0.25, -0.2) is 4.39 Å². The number of ether oxygens (including phenoxy) is 2. The summed E-state index contributed by atoms with van der Waals surface area (Å²) in [6, 6.07) is 11.0. The highest BCUT2D eigenvalue weighted by Crippen LogP contribution is 2.28. The Labute approximate surface area is 163 Å². The van der Waals surface area contributed by atoms with Crippen molar-refractivity contribution >= 4 is 28.9 Å². The topological polar surface area (TPSA) is 71.6 Å². The van der Waals surface area contributed by atoms with E-state index in [0.717, 1.165) is 12.8 Å². The van der Waals surface area contributed by atoms with Crippen LogP contribution in [-0.2, 0) is 0 Å². The van der Waals surface area contributed by atoms with Gasteiger partial charge in [0.25, 0.3) is 5.91 Å². The van der Waals surface area contributed by atoms with Gasteiger partial charge in [0.2, 0.25) is 0 Å². The lowest BCUT2D eigenvalue weighted by Gasteiger charge is -2.14. The second-order valence-corrected chi connectivity index (χ2v) is 5.99. The lowest BCUT2D eigenvalue weighted by atomic mass is 10.2. The van der Waals surface area contributed by atoms with Crippen molar-refractivity contribution in [3.63, 3.8) is 0 Å². The van der Waals surface area contributed by atoms with Crippen molar-refractivity contribution in [2.24, 2.45) is 0 Å². The van der Waals surface area contributed by atoms with E-state index >= 15 is 0 Å². The molecule has 0 aliphatic heterocycles. The number of thiocarbonyl (C=S) groups is 1. The van der Waals surface area contributed by atoms with E-state index in [1.807, 2.05) is 0 Å². The van der Waals surface area contributed by atoms with Gasteiger partial charge in [0.05, 0.1) is 19.4 Å². The Morgan fingerprint density at radius 3 is 2.63 bits per heavy atom. The van der Waals surface area contributed by atoms with E-state index in [-0.39, 0.29) is 10.8 Å². The fourth-order valence-corrected chi connectivity index (χ4v) is 2.32. The molecule has 8 heteroatoms. The molecule has 3 N–H and O–H groups in total. The second kappa shape index (κ2) is 10.3. The highest BCUT2D eigenvalue weighted by Gasteiger charge is 2.12. The summed E-state index contributed by atoms with van der Waals surface area (Å²) in [5.74, 6) is 0.167. The van der Waals surface area contributed by atoms with Crippen LogP contribution in [0.5, 0.6) is 11.5 Å². The number of methoxy groups -OCH3 is 1. The smallest absolute Gasteiger partial charge is 0.269 e. The quantitative estimate of drug-likeness (QED) is 0.380. The number of nitrogens with one attached hydrogen (secondary N) is 3. The van der Waals surface area contributed by atoms with Crippen LogP contribution < -0.4 is 25.6 Å². The number of anilines is 1. The summed E-state index contributed by atoms with van der Waals surface area (Å²) >= 11 is 5.04. The van der Waals surface area contributed by atoms with Gasteiger partial charge in [-0.3, -0.25) is 15.6 Å². The van der Waals surface area contributed by atoms with Gasteiger partial charge in [-0.15, -0.1) is 0 Å². The van der Waals surface area contributed by atoms with Crippen LogP contribution in [0.15, 0.2) is 42.5 Å². The van der Waals surface area contributed by atoms with Crippen molar-refractivity contribution in [1.82, 2.24) is 10.9 Å². The molecular formula is C19H22FN3O3S. The number of carbonyl (C=O) groups excluding carboxylic acids is 1. The number of hydrogen-bond donors (Lipinski definition) is 3. The molecule has 0 unspecified atom stereocenters. The molecule has 0 aliphatic rings. The van der Waals surface area contributed by atoms with Gasteiger partial charge in [-0.05, 0) is 49.0 Å². The summed E-state index contributed by atoms with van der Waals surface area (Å²) in [5, 5.41) is 2.72. The Morgan fingerprint density at radius 1 is 1.15 bits per heavy atom. The van der Waals surface area contributed by atoms with Crippen molar-refractivity contribution < 1.29 is 18.7 Å². The summed E-state index contributed by atoms with van der Waals surface area (Å²) in [7, 11) is 1.51. The average Bonchev–Trinajstić information content (AvgIpc) is 2.68. The molecule has 6 nitrogen and oxygen atoms in total. The summed E-state index contributed by atoms with van der Waals surface area (Å²) in [4.78, 5) is 12.3. The Balaban J connectivity index is 1.93. The molecule has 0 saturated carbocycles. The molecule has 0 aliphatic carbocycles. The molecular weight excluding hydrogens is 369 g/mol. The minimum atomic E-state index is -0.448. The third-order valence-electron chi connectivity index (χ3n) is 3.59. The molecule has 144 valence electrons. The Kier molecular flexibility index (Phi) is 7.81. The predicted molar refractivity (Wildman–Crippen MR) is 107 cm³/mol. The molecule has 0 spiro atoms. The maximum Gasteiger partial charge on any atom is 0.269 e. The number of hydrogen-bond acceptors (Lipinski definition) is 4. The minimum absolute atomic E-state index is 0.0555. The van der Waals surface area contributed by atoms with Crippen molar-refractivity contribution in [3.8, 4) is 11.5 Å². The minimum Gasteiger partial charge on any atom is -0.493 e. The van der Waals surface area contributed by atoms with E-state index in [2.05, 4.69) is 23.1 Å². The zero-order valence-corrected chi connectivity index (χ0v) is 16.0. The zero-order chi connectivity index (χ0) is 19.6. The van der Waals surface area contributed by atoms with Gasteiger partial charge in [0.15, 0.2) is 16.6 Å². The summed E-state index contributed by atoms with van der Waals surface area (Å²) in [5.41, 5.74) is 5.55. The first-order chi connectivity index (χ1) is 13.0. The maximum atomic E-state index is 13.6. The van der Waals surface area contributed by atoms with Crippen LogP contribution in [0.3, 0.4) is 0 Å². The lowest BCUT2D eigenvalue weighted by molar-refractivity contribution is 0.0943. The van der Waals surface area contributed by atoms with Crippen LogP contribution in [0, 0.1) is 5.82 Å². The Bertz CT molecular complexity index is 802. The summed E-state index contributed by atoms with van der Waals surface area (Å²) < 4.78 is 24.5. The van der Waals surface area contributed by atoms with Crippen LogP contribution in [-0.4, -0.2) is 24.7 Å². The van der Waals surface area contributed by atoms with Gasteiger partial charge >= 0.3 is 0 Å². The standard InChI is InChI=1S/C19H22FN3O3S/c1-3-4-11-26-16-10-9-13(12-17(16)25-2)18(24)22-23-19(27)21-15-8-6-5-7-14(15)20/h5-10,12H,3-4,11H2,1-2H3,(H,22,24)(H2,21,23,27). The molecule has 0 aromatic heterocycles. The third kappa shape index (κ3) is 6.10. The second-order valence-electron chi connectivity index (χ2n) is 5.58. The highest BCUT2D eigenvalue weighted by molar-refractivity contribution is 7.80. The van der Waals surface area contributed by atoms with Gasteiger partial charge in [-0.2, -0.15) is 0 Å². The number of hydrazine groups is 1. The van der Waals surface area contributed by atoms with Crippen LogP contribution in [0.2, 0.25) is 0 Å². The van der Waals surface area contributed by atoms with Crippen molar-refractivity contribution in [2.45, 2.75) is 19.8 Å². The maximum absolute atomic E-state index is 13.6. The number of unbranched alkanes of at least 4 members (excludes halogenated alkanes) is 1. The normalized spacial score (nSPS) is 10.0. The van der Waals surface area contributed by atoms with Crippen LogP contribution in [0.25, 0.3) is 0 Å². The van der Waals surface area contributed by atoms with Crippen LogP contribution >= 0.6 is 12.2 Å². The number of amides is 1. The van der Waals surface area contributed by atoms with E-state index in [1.54, 1.807) is 30.3 Å². The Hall–Kier alpha value is -2.87. The first-order valence-corrected chi connectivity index (χ1v) is 8.88. The van der Waals surface area contributed by atoms with E-state index in [9.17, 15) is 9.18 Å². The molecule has 0 bridgehead atoms. The molecule has 0 saturated heterocycles. The fraction of sp³-hybridized carbons (Fsp3) is 0.263. The van der Waals surface area contributed by atoms with Crippen LogP contribution in [0.4, 0.5) is 10.1 Å². The third-order valence-corrected chi connectivity index (χ3v) is 3.80. The van der Waals surface area contributed by atoms with E-state index in [1.165, 1.54) is 19.2 Å². The number of rotatable bonds is 7. The lowest BCUT2D eigenvalue weighted by Crippen LogP contribution is -2.43. The molecule has 2 aromatic carbocycles. The van der Waals surface area contributed by atoms with Gasteiger partial charge < -0.3 is 14.8 Å².